The van der Waals surface area contributed by atoms with Crippen molar-refractivity contribution >= 4 is 35.0 Å². The van der Waals surface area contributed by atoms with E-state index < -0.39 is 17.1 Å². The topological polar surface area (TPSA) is 72.9 Å². The van der Waals surface area contributed by atoms with Gasteiger partial charge in [-0.3, -0.25) is 19.3 Å². The molecule has 132 valence electrons. The number of carbonyl (C=O) groups is 3. The van der Waals surface area contributed by atoms with Gasteiger partial charge in [0, 0.05) is 0 Å². The van der Waals surface area contributed by atoms with Crippen molar-refractivity contribution in [1.82, 2.24) is 4.90 Å². The summed E-state index contributed by atoms with van der Waals surface area (Å²) in [6, 6.07) is 7.40. The number of hydrogen-bond donors (Lipinski definition) is 0. The minimum atomic E-state index is -0.604. The van der Waals surface area contributed by atoms with Gasteiger partial charge in [-0.25, -0.2) is 0 Å². The van der Waals surface area contributed by atoms with Crippen LogP contribution in [0.15, 0.2) is 41.3 Å². The van der Waals surface area contributed by atoms with Gasteiger partial charge in [0.1, 0.15) is 12.3 Å². The predicted octanol–water partition coefficient (Wildman–Crippen LogP) is 3.24. The number of rotatable bonds is 6. The summed E-state index contributed by atoms with van der Waals surface area (Å²) in [5, 5.41) is -0.477. The third kappa shape index (κ3) is 5.22. The van der Waals surface area contributed by atoms with Crippen molar-refractivity contribution < 1.29 is 23.9 Å². The van der Waals surface area contributed by atoms with Gasteiger partial charge in [0.25, 0.3) is 11.1 Å². The smallest absolute Gasteiger partial charge is 0.326 e. The average Bonchev–Trinajstić information content (AvgIpc) is 2.82. The Morgan fingerprint density at radius 2 is 1.92 bits per heavy atom. The number of allylic oxidation sites excluding steroid dienone is 2. The van der Waals surface area contributed by atoms with Crippen molar-refractivity contribution in [3.63, 3.8) is 0 Å². The molecule has 25 heavy (non-hydrogen) atoms. The number of hydrogen-bond acceptors (Lipinski definition) is 6. The molecule has 0 aliphatic carbocycles. The molecule has 0 unspecified atom stereocenters. The summed E-state index contributed by atoms with van der Waals surface area (Å²) < 4.78 is 10.0. The van der Waals surface area contributed by atoms with Crippen LogP contribution in [-0.4, -0.2) is 41.8 Å². The van der Waals surface area contributed by atoms with Crippen molar-refractivity contribution in [1.29, 1.82) is 0 Å². The molecule has 0 spiro atoms. The molecule has 1 fully saturated rings. The normalized spacial score (nSPS) is 16.3. The summed E-state index contributed by atoms with van der Waals surface area (Å²) >= 11 is 0.803. The fourth-order valence-electron chi connectivity index (χ4n) is 2.04. The molecule has 0 atom stereocenters. The highest BCUT2D eigenvalue weighted by Gasteiger charge is 2.36. The molecule has 1 heterocycles. The Kier molecular flexibility index (Phi) is 6.41. The minimum Gasteiger partial charge on any atom is -0.497 e. The van der Waals surface area contributed by atoms with Crippen LogP contribution in [0.4, 0.5) is 4.79 Å². The molecule has 0 bridgehead atoms. The van der Waals surface area contributed by atoms with Gasteiger partial charge in [0.05, 0.1) is 18.1 Å². The molecule has 2 amide bonds. The van der Waals surface area contributed by atoms with Crippen molar-refractivity contribution in [2.75, 3.05) is 13.7 Å². The molecular weight excluding hydrogens is 342 g/mol. The van der Waals surface area contributed by atoms with Gasteiger partial charge in [-0.1, -0.05) is 24.3 Å². The van der Waals surface area contributed by atoms with E-state index >= 15 is 0 Å². The largest absolute Gasteiger partial charge is 0.497 e. The zero-order valence-electron chi connectivity index (χ0n) is 14.2. The fourth-order valence-corrected chi connectivity index (χ4v) is 2.83. The highest BCUT2D eigenvalue weighted by molar-refractivity contribution is 8.18. The summed E-state index contributed by atoms with van der Waals surface area (Å²) in [7, 11) is 1.60. The summed E-state index contributed by atoms with van der Waals surface area (Å²) in [5.74, 6) is -0.339. The number of carbonyl (C=O) groups excluding carboxylic acids is 3. The number of nitrogens with zero attached hydrogens (tertiary/aromatic N) is 1. The van der Waals surface area contributed by atoms with E-state index in [1.165, 1.54) is 0 Å². The highest BCUT2D eigenvalue weighted by Crippen LogP contribution is 2.30. The average molecular weight is 361 g/mol. The van der Waals surface area contributed by atoms with Crippen LogP contribution in [-0.2, 0) is 14.3 Å². The number of thioether (sulfide) groups is 1. The summed E-state index contributed by atoms with van der Waals surface area (Å²) in [4.78, 5) is 36.9. The molecule has 6 nitrogen and oxygen atoms in total. The predicted molar refractivity (Wildman–Crippen MR) is 96.0 cm³/mol. The monoisotopic (exact) mass is 361 g/mol. The third-order valence-electron chi connectivity index (χ3n) is 3.18. The van der Waals surface area contributed by atoms with Gasteiger partial charge in [0.15, 0.2) is 0 Å². The van der Waals surface area contributed by atoms with Crippen molar-refractivity contribution in [3.05, 3.63) is 46.9 Å². The van der Waals surface area contributed by atoms with Crippen molar-refractivity contribution in [2.24, 2.45) is 0 Å². The quantitative estimate of drug-likeness (QED) is 0.572. The number of amides is 2. The molecule has 0 aromatic heterocycles. The lowest BCUT2D eigenvalue weighted by Crippen LogP contribution is -2.35. The molecule has 0 saturated carbocycles. The molecule has 1 aromatic rings. The van der Waals surface area contributed by atoms with Gasteiger partial charge in [0.2, 0.25) is 0 Å². The SMILES string of the molecule is COc1ccc(/C=C/C=C2/SC(=O)N(CC(=O)OC(C)C)C2=O)cc1. The molecule has 1 aliphatic heterocycles. The first-order valence-corrected chi connectivity index (χ1v) is 8.48. The standard InChI is InChI=1S/C18H19NO5S/c1-12(2)24-16(20)11-19-17(21)15(25-18(19)22)6-4-5-13-7-9-14(23-3)10-8-13/h4-10,12H,11H2,1-3H3/b5-4+,15-6+. The molecular formula is C18H19NO5S. The lowest BCUT2D eigenvalue weighted by atomic mass is 10.2. The first-order valence-electron chi connectivity index (χ1n) is 7.66. The van der Waals surface area contributed by atoms with Crippen LogP contribution in [0.25, 0.3) is 6.08 Å². The van der Waals surface area contributed by atoms with Gasteiger partial charge >= 0.3 is 5.97 Å². The van der Waals surface area contributed by atoms with Gasteiger partial charge in [-0.05, 0) is 49.4 Å². The van der Waals surface area contributed by atoms with Gasteiger partial charge in [-0.15, -0.1) is 0 Å². The van der Waals surface area contributed by atoms with E-state index in [1.54, 1.807) is 39.2 Å². The third-order valence-corrected chi connectivity index (χ3v) is 4.11. The second kappa shape index (κ2) is 8.53. The number of esters is 1. The van der Waals surface area contributed by atoms with Crippen LogP contribution < -0.4 is 4.74 Å². The number of imide groups is 1. The lowest BCUT2D eigenvalue weighted by molar-refractivity contribution is -0.149. The minimum absolute atomic E-state index is 0.270. The van der Waals surface area contributed by atoms with Crippen LogP contribution >= 0.6 is 11.8 Å². The maximum absolute atomic E-state index is 12.2. The van der Waals surface area contributed by atoms with Crippen LogP contribution in [0.5, 0.6) is 5.75 Å². The second-order valence-electron chi connectivity index (χ2n) is 5.46. The maximum Gasteiger partial charge on any atom is 0.326 e. The van der Waals surface area contributed by atoms with E-state index in [2.05, 4.69) is 0 Å². The molecule has 2 rings (SSSR count). The van der Waals surface area contributed by atoms with E-state index in [1.807, 2.05) is 24.3 Å². The Morgan fingerprint density at radius 3 is 2.52 bits per heavy atom. The van der Waals surface area contributed by atoms with E-state index in [9.17, 15) is 14.4 Å². The Labute approximate surface area is 150 Å². The van der Waals surface area contributed by atoms with E-state index in [0.717, 1.165) is 28.0 Å². The van der Waals surface area contributed by atoms with E-state index in [-0.39, 0.29) is 17.6 Å². The van der Waals surface area contributed by atoms with Crippen LogP contribution in [0.2, 0.25) is 0 Å². The Balaban J connectivity index is 2.01. The summed E-state index contributed by atoms with van der Waals surface area (Å²) in [6.45, 7) is 3.04. The lowest BCUT2D eigenvalue weighted by Gasteiger charge is -2.13. The molecule has 1 saturated heterocycles. The first kappa shape index (κ1) is 18.8. The fraction of sp³-hybridized carbons (Fsp3) is 0.278. The van der Waals surface area contributed by atoms with Gasteiger partial charge < -0.3 is 9.47 Å². The van der Waals surface area contributed by atoms with Gasteiger partial charge in [-0.2, -0.15) is 0 Å². The number of ether oxygens (including phenoxy) is 2. The molecule has 0 radical (unpaired) electrons. The molecule has 0 N–H and O–H groups in total. The highest BCUT2D eigenvalue weighted by atomic mass is 32.2. The zero-order chi connectivity index (χ0) is 18.4. The maximum atomic E-state index is 12.2. The first-order chi connectivity index (χ1) is 11.9. The zero-order valence-corrected chi connectivity index (χ0v) is 15.0. The summed E-state index contributed by atoms with van der Waals surface area (Å²) in [6.07, 6.45) is 4.75. The van der Waals surface area contributed by atoms with E-state index in [0.29, 0.717) is 0 Å². The number of benzene rings is 1. The van der Waals surface area contributed by atoms with Crippen molar-refractivity contribution in [2.45, 2.75) is 20.0 Å². The Morgan fingerprint density at radius 1 is 1.24 bits per heavy atom. The van der Waals surface area contributed by atoms with Crippen LogP contribution in [0.1, 0.15) is 19.4 Å². The second-order valence-corrected chi connectivity index (χ2v) is 6.45. The number of methoxy groups -OCH3 is 1. The summed E-state index contributed by atoms with van der Waals surface area (Å²) in [5.41, 5.74) is 0.928. The van der Waals surface area contributed by atoms with Crippen LogP contribution in [0.3, 0.4) is 0 Å². The molecule has 1 aromatic carbocycles. The molecule has 7 heteroatoms. The molecule has 1 aliphatic rings. The Bertz CT molecular complexity index is 721. The van der Waals surface area contributed by atoms with Crippen LogP contribution in [0, 0.1) is 0 Å². The van der Waals surface area contributed by atoms with Crippen molar-refractivity contribution in [3.8, 4) is 5.75 Å². The Hall–Kier alpha value is -2.54. The van der Waals surface area contributed by atoms with E-state index in [4.69, 9.17) is 9.47 Å².